The molecule has 0 spiro atoms. The average Bonchev–Trinajstić information content (AvgIpc) is 2.29. The molecule has 5 heteroatoms. The van der Waals surface area contributed by atoms with E-state index in [1.54, 1.807) is 12.4 Å². The SMILES string of the molecule is CCCNC(=O)CNCc1cnc(C)cn1. The Hall–Kier alpha value is -1.49. The minimum absolute atomic E-state index is 0.0157. The van der Waals surface area contributed by atoms with Crippen molar-refractivity contribution in [2.24, 2.45) is 0 Å². The molecule has 0 saturated carbocycles. The monoisotopic (exact) mass is 222 g/mol. The summed E-state index contributed by atoms with van der Waals surface area (Å²) in [5, 5.41) is 5.81. The smallest absolute Gasteiger partial charge is 0.233 e. The molecule has 1 heterocycles. The van der Waals surface area contributed by atoms with E-state index in [4.69, 9.17) is 0 Å². The molecule has 0 radical (unpaired) electrons. The summed E-state index contributed by atoms with van der Waals surface area (Å²) in [4.78, 5) is 19.5. The molecule has 1 aromatic heterocycles. The van der Waals surface area contributed by atoms with Gasteiger partial charge in [-0.3, -0.25) is 14.8 Å². The predicted octanol–water partition coefficient (Wildman–Crippen LogP) is 0.401. The molecule has 2 N–H and O–H groups in total. The zero-order valence-corrected chi connectivity index (χ0v) is 9.79. The van der Waals surface area contributed by atoms with Gasteiger partial charge in [-0.05, 0) is 13.3 Å². The van der Waals surface area contributed by atoms with Gasteiger partial charge in [-0.2, -0.15) is 0 Å². The van der Waals surface area contributed by atoms with Gasteiger partial charge in [-0.1, -0.05) is 6.92 Å². The Kier molecular flexibility index (Phi) is 5.42. The van der Waals surface area contributed by atoms with Crippen molar-refractivity contribution in [3.8, 4) is 0 Å². The van der Waals surface area contributed by atoms with Gasteiger partial charge in [0.2, 0.25) is 5.91 Å². The average molecular weight is 222 g/mol. The molecule has 0 unspecified atom stereocenters. The number of hydrogen-bond acceptors (Lipinski definition) is 4. The van der Waals surface area contributed by atoms with Crippen LogP contribution in [0.2, 0.25) is 0 Å². The van der Waals surface area contributed by atoms with Gasteiger partial charge in [0.1, 0.15) is 0 Å². The van der Waals surface area contributed by atoms with E-state index in [2.05, 4.69) is 20.6 Å². The van der Waals surface area contributed by atoms with Gasteiger partial charge in [0, 0.05) is 25.5 Å². The number of carbonyl (C=O) groups is 1. The molecule has 16 heavy (non-hydrogen) atoms. The van der Waals surface area contributed by atoms with Gasteiger partial charge in [0.15, 0.2) is 0 Å². The first-order valence-corrected chi connectivity index (χ1v) is 5.47. The van der Waals surface area contributed by atoms with E-state index in [0.29, 0.717) is 13.1 Å². The first-order chi connectivity index (χ1) is 7.72. The van der Waals surface area contributed by atoms with Crippen LogP contribution in [0.4, 0.5) is 0 Å². The third kappa shape index (κ3) is 4.84. The number of nitrogens with one attached hydrogen (secondary N) is 2. The van der Waals surface area contributed by atoms with E-state index in [0.717, 1.165) is 24.4 Å². The summed E-state index contributed by atoms with van der Waals surface area (Å²) in [6.45, 7) is 5.52. The van der Waals surface area contributed by atoms with Crippen LogP contribution >= 0.6 is 0 Å². The Morgan fingerprint density at radius 3 is 2.81 bits per heavy atom. The molecule has 0 fully saturated rings. The van der Waals surface area contributed by atoms with Crippen molar-refractivity contribution in [1.29, 1.82) is 0 Å². The van der Waals surface area contributed by atoms with Gasteiger partial charge in [-0.15, -0.1) is 0 Å². The molecule has 0 atom stereocenters. The van der Waals surface area contributed by atoms with Crippen LogP contribution in [0.5, 0.6) is 0 Å². The largest absolute Gasteiger partial charge is 0.355 e. The van der Waals surface area contributed by atoms with Crippen LogP contribution in [0.3, 0.4) is 0 Å². The maximum Gasteiger partial charge on any atom is 0.233 e. The number of rotatable bonds is 6. The highest BCUT2D eigenvalue weighted by molar-refractivity contribution is 5.77. The maximum atomic E-state index is 11.2. The van der Waals surface area contributed by atoms with Crippen LogP contribution in [0.1, 0.15) is 24.7 Å². The zero-order valence-electron chi connectivity index (χ0n) is 9.79. The predicted molar refractivity (Wildman–Crippen MR) is 61.8 cm³/mol. The molecule has 5 nitrogen and oxygen atoms in total. The highest BCUT2D eigenvalue weighted by Gasteiger charge is 1.99. The van der Waals surface area contributed by atoms with E-state index in [1.807, 2.05) is 13.8 Å². The third-order valence-corrected chi connectivity index (χ3v) is 2.00. The van der Waals surface area contributed by atoms with E-state index >= 15 is 0 Å². The van der Waals surface area contributed by atoms with Gasteiger partial charge >= 0.3 is 0 Å². The van der Waals surface area contributed by atoms with Crippen molar-refractivity contribution in [1.82, 2.24) is 20.6 Å². The molecular weight excluding hydrogens is 204 g/mol. The Balaban J connectivity index is 2.20. The molecular formula is C11H18N4O. The standard InChI is InChI=1S/C11H18N4O/c1-3-4-13-11(16)8-12-6-10-7-14-9(2)5-15-10/h5,7,12H,3-4,6,8H2,1-2H3,(H,13,16). The van der Waals surface area contributed by atoms with Crippen LogP contribution in [0, 0.1) is 6.92 Å². The molecule has 0 aliphatic carbocycles. The van der Waals surface area contributed by atoms with E-state index in [1.165, 1.54) is 0 Å². The fourth-order valence-electron chi connectivity index (χ4n) is 1.14. The maximum absolute atomic E-state index is 11.2. The summed E-state index contributed by atoms with van der Waals surface area (Å²) in [7, 11) is 0. The number of carbonyl (C=O) groups excluding carboxylic acids is 1. The Morgan fingerprint density at radius 2 is 2.19 bits per heavy atom. The lowest BCUT2D eigenvalue weighted by Gasteiger charge is -2.05. The summed E-state index contributed by atoms with van der Waals surface area (Å²) in [5.41, 5.74) is 1.73. The highest BCUT2D eigenvalue weighted by Crippen LogP contribution is 1.92. The lowest BCUT2D eigenvalue weighted by atomic mass is 10.4. The molecule has 1 rings (SSSR count). The number of aromatic nitrogens is 2. The first kappa shape index (κ1) is 12.6. The lowest BCUT2D eigenvalue weighted by Crippen LogP contribution is -2.34. The van der Waals surface area contributed by atoms with Crippen LogP contribution in [0.15, 0.2) is 12.4 Å². The second-order valence-corrected chi connectivity index (χ2v) is 3.60. The summed E-state index contributed by atoms with van der Waals surface area (Å²) in [6.07, 6.45) is 4.38. The summed E-state index contributed by atoms with van der Waals surface area (Å²) in [6, 6.07) is 0. The van der Waals surface area contributed by atoms with Crippen molar-refractivity contribution in [2.75, 3.05) is 13.1 Å². The molecule has 1 aromatic rings. The normalized spacial score (nSPS) is 10.1. The van der Waals surface area contributed by atoms with E-state index in [-0.39, 0.29) is 5.91 Å². The molecule has 0 aromatic carbocycles. The summed E-state index contributed by atoms with van der Waals surface area (Å²) >= 11 is 0. The molecule has 88 valence electrons. The molecule has 0 aliphatic rings. The van der Waals surface area contributed by atoms with Gasteiger partial charge in [0.05, 0.1) is 17.9 Å². The molecule has 1 amide bonds. The topological polar surface area (TPSA) is 66.9 Å². The molecule has 0 aliphatic heterocycles. The third-order valence-electron chi connectivity index (χ3n) is 2.00. The Morgan fingerprint density at radius 1 is 1.38 bits per heavy atom. The highest BCUT2D eigenvalue weighted by atomic mass is 16.1. The van der Waals surface area contributed by atoms with E-state index < -0.39 is 0 Å². The second kappa shape index (κ2) is 6.90. The van der Waals surface area contributed by atoms with Crippen molar-refractivity contribution in [3.05, 3.63) is 23.8 Å². The quantitative estimate of drug-likeness (QED) is 0.731. The zero-order chi connectivity index (χ0) is 11.8. The number of hydrogen-bond donors (Lipinski definition) is 2. The van der Waals surface area contributed by atoms with Gasteiger partial charge in [-0.25, -0.2) is 0 Å². The lowest BCUT2D eigenvalue weighted by molar-refractivity contribution is -0.120. The minimum atomic E-state index is 0.0157. The minimum Gasteiger partial charge on any atom is -0.355 e. The van der Waals surface area contributed by atoms with Crippen LogP contribution in [-0.2, 0) is 11.3 Å². The van der Waals surface area contributed by atoms with Crippen LogP contribution in [0.25, 0.3) is 0 Å². The summed E-state index contributed by atoms with van der Waals surface area (Å²) in [5.74, 6) is 0.0157. The van der Waals surface area contributed by atoms with Gasteiger partial charge < -0.3 is 10.6 Å². The van der Waals surface area contributed by atoms with Crippen molar-refractivity contribution < 1.29 is 4.79 Å². The second-order valence-electron chi connectivity index (χ2n) is 3.60. The first-order valence-electron chi connectivity index (χ1n) is 5.47. The number of aryl methyl sites for hydroxylation is 1. The number of amides is 1. The van der Waals surface area contributed by atoms with Crippen LogP contribution in [-0.4, -0.2) is 29.0 Å². The Bertz CT molecular complexity index is 323. The Labute approximate surface area is 95.7 Å². The van der Waals surface area contributed by atoms with Gasteiger partial charge in [0.25, 0.3) is 0 Å². The van der Waals surface area contributed by atoms with E-state index in [9.17, 15) is 4.79 Å². The number of nitrogens with zero attached hydrogens (tertiary/aromatic N) is 2. The molecule has 0 saturated heterocycles. The van der Waals surface area contributed by atoms with Crippen molar-refractivity contribution >= 4 is 5.91 Å². The fourth-order valence-corrected chi connectivity index (χ4v) is 1.14. The summed E-state index contributed by atoms with van der Waals surface area (Å²) < 4.78 is 0. The van der Waals surface area contributed by atoms with Crippen molar-refractivity contribution in [2.45, 2.75) is 26.8 Å². The van der Waals surface area contributed by atoms with Crippen LogP contribution < -0.4 is 10.6 Å². The van der Waals surface area contributed by atoms with Crippen molar-refractivity contribution in [3.63, 3.8) is 0 Å². The fraction of sp³-hybridized carbons (Fsp3) is 0.545. The molecule has 0 bridgehead atoms.